The van der Waals surface area contributed by atoms with E-state index in [0.29, 0.717) is 48.4 Å². The summed E-state index contributed by atoms with van der Waals surface area (Å²) in [4.78, 5) is 22.7. The summed E-state index contributed by atoms with van der Waals surface area (Å²) < 4.78 is 68.6. The molecule has 0 saturated carbocycles. The zero-order valence-corrected chi connectivity index (χ0v) is 24.1. The molecule has 0 radical (unpaired) electrons. The minimum Gasteiger partial charge on any atom is -0.494 e. The first-order valence-electron chi connectivity index (χ1n) is 13.2. The van der Waals surface area contributed by atoms with E-state index in [2.05, 4.69) is 19.8 Å². The van der Waals surface area contributed by atoms with Crippen LogP contribution in [0.5, 0.6) is 5.88 Å². The summed E-state index contributed by atoms with van der Waals surface area (Å²) in [5.74, 6) is -1.22. The normalized spacial score (nSPS) is 17.8. The van der Waals surface area contributed by atoms with Gasteiger partial charge in [-0.1, -0.05) is 12.2 Å². The number of carbonyl (C=O) groups is 1. The third-order valence-electron chi connectivity index (χ3n) is 6.63. The van der Waals surface area contributed by atoms with Gasteiger partial charge in [0, 0.05) is 42.3 Å². The molecule has 0 spiro atoms. The lowest BCUT2D eigenvalue weighted by Crippen LogP contribution is -2.32. The Kier molecular flexibility index (Phi) is 8.66. The van der Waals surface area contributed by atoms with Crippen molar-refractivity contribution in [2.45, 2.75) is 31.2 Å². The molecule has 0 aliphatic carbocycles. The van der Waals surface area contributed by atoms with Gasteiger partial charge in [-0.15, -0.1) is 0 Å². The smallest absolute Gasteiger partial charge is 0.264 e. The van der Waals surface area contributed by atoms with Gasteiger partial charge >= 0.3 is 0 Å². The number of aromatic nitrogens is 3. The van der Waals surface area contributed by atoms with Crippen molar-refractivity contribution in [1.82, 2.24) is 19.7 Å². The zero-order valence-electron chi connectivity index (χ0n) is 23.3. The van der Waals surface area contributed by atoms with E-state index < -0.39 is 26.6 Å². The number of sulfonamides is 1. The van der Waals surface area contributed by atoms with Crippen LogP contribution in [0, 0.1) is 18.6 Å². The van der Waals surface area contributed by atoms with E-state index in [1.807, 2.05) is 23.7 Å². The molecule has 3 aromatic rings. The average molecular weight is 611 g/mol. The molecule has 224 valence electrons. The van der Waals surface area contributed by atoms with Gasteiger partial charge in [0.15, 0.2) is 5.78 Å². The number of aliphatic imine (C=N–C) groups is 1. The van der Waals surface area contributed by atoms with Crippen molar-refractivity contribution in [2.75, 3.05) is 25.0 Å². The highest BCUT2D eigenvalue weighted by Crippen LogP contribution is 2.30. The second-order valence-electron chi connectivity index (χ2n) is 9.68. The molecule has 0 bridgehead atoms. The van der Waals surface area contributed by atoms with Crippen molar-refractivity contribution in [3.8, 4) is 5.88 Å². The third-order valence-corrected chi connectivity index (χ3v) is 8.02. The molecule has 5 rings (SSSR count). The van der Waals surface area contributed by atoms with Gasteiger partial charge in [0.25, 0.3) is 10.0 Å². The maximum atomic E-state index is 14.3. The first-order valence-corrected chi connectivity index (χ1v) is 14.7. The molecule has 1 N–H and O–H groups in total. The summed E-state index contributed by atoms with van der Waals surface area (Å²) in [7, 11) is -3.15. The van der Waals surface area contributed by atoms with E-state index in [-0.39, 0.29) is 30.3 Å². The number of pyridine rings is 1. The van der Waals surface area contributed by atoms with Crippen LogP contribution in [0.3, 0.4) is 0 Å². The number of nitrogens with one attached hydrogen (secondary N) is 1. The van der Waals surface area contributed by atoms with Crippen LogP contribution in [-0.2, 0) is 26.1 Å². The van der Waals surface area contributed by atoms with Gasteiger partial charge < -0.3 is 14.4 Å². The number of Topliss-reactive ketones (excluding diaryl/α,β-unsaturated/α-hetero) is 1. The first-order chi connectivity index (χ1) is 20.6. The Balaban J connectivity index is 1.38. The number of anilines is 1. The molecule has 14 heteroatoms. The second-order valence-corrected chi connectivity index (χ2v) is 11.3. The van der Waals surface area contributed by atoms with Gasteiger partial charge in [-0.25, -0.2) is 27.2 Å². The molecule has 4 heterocycles. The van der Waals surface area contributed by atoms with Gasteiger partial charge in [-0.2, -0.15) is 5.10 Å². The summed E-state index contributed by atoms with van der Waals surface area (Å²) in [6.45, 7) is 2.86. The number of ketones is 1. The highest BCUT2D eigenvalue weighted by atomic mass is 32.2. The molecular weight excluding hydrogens is 582 g/mol. The molecule has 0 atom stereocenters. The number of fused-ring (bicyclic) bond motifs is 1. The second kappa shape index (κ2) is 12.6. The molecule has 11 nitrogen and oxygen atoms in total. The maximum Gasteiger partial charge on any atom is 0.264 e. The van der Waals surface area contributed by atoms with Crippen molar-refractivity contribution < 1.29 is 31.5 Å². The molecule has 0 saturated heterocycles. The number of benzene rings is 1. The number of methoxy groups -OCH3 is 1. The first kappa shape index (κ1) is 29.6. The number of hydrogen-bond donors (Lipinski definition) is 1. The van der Waals surface area contributed by atoms with Crippen LogP contribution in [-0.4, -0.2) is 60.0 Å². The summed E-state index contributed by atoms with van der Waals surface area (Å²) in [6.07, 6.45) is 10.6. The molecule has 2 aromatic heterocycles. The van der Waals surface area contributed by atoms with Crippen LogP contribution in [0.1, 0.15) is 24.1 Å². The number of nitrogens with zero attached hydrogens (tertiary/aromatic N) is 5. The Morgan fingerprint density at radius 2 is 2.00 bits per heavy atom. The van der Waals surface area contributed by atoms with E-state index in [1.165, 1.54) is 19.4 Å². The Morgan fingerprint density at radius 3 is 2.74 bits per heavy atom. The van der Waals surface area contributed by atoms with Crippen LogP contribution in [0.4, 0.5) is 14.5 Å². The lowest BCUT2D eigenvalue weighted by atomic mass is 10.1. The fraction of sp³-hybridized carbons (Fsp3) is 0.241. The van der Waals surface area contributed by atoms with Gasteiger partial charge in [-0.3, -0.25) is 14.2 Å². The quantitative estimate of drug-likeness (QED) is 0.382. The molecule has 43 heavy (non-hydrogen) atoms. The van der Waals surface area contributed by atoms with Crippen LogP contribution < -0.4 is 9.46 Å². The van der Waals surface area contributed by atoms with E-state index in [0.717, 1.165) is 17.8 Å². The number of rotatable bonds is 9. The van der Waals surface area contributed by atoms with Crippen molar-refractivity contribution in [3.05, 3.63) is 95.9 Å². The van der Waals surface area contributed by atoms with Crippen molar-refractivity contribution in [1.29, 1.82) is 0 Å². The van der Waals surface area contributed by atoms with Crippen LogP contribution >= 0.6 is 0 Å². The summed E-state index contributed by atoms with van der Waals surface area (Å²) in [5.41, 5.74) is 2.04. The highest BCUT2D eigenvalue weighted by molar-refractivity contribution is 7.92. The Labute approximate surface area is 246 Å². The van der Waals surface area contributed by atoms with E-state index in [9.17, 15) is 22.0 Å². The van der Waals surface area contributed by atoms with Gasteiger partial charge in [0.05, 0.1) is 32.8 Å². The number of carbonyl (C=O) groups excluding carboxylic acids is 1. The summed E-state index contributed by atoms with van der Waals surface area (Å²) >= 11 is 0. The average Bonchev–Trinajstić information content (AvgIpc) is 3.25. The molecule has 1 aromatic carbocycles. The fourth-order valence-electron chi connectivity index (χ4n) is 4.48. The van der Waals surface area contributed by atoms with Crippen molar-refractivity contribution >= 4 is 32.9 Å². The van der Waals surface area contributed by atoms with Gasteiger partial charge in [-0.05, 0) is 36.8 Å². The zero-order chi connectivity index (χ0) is 30.6. The predicted octanol–water partition coefficient (Wildman–Crippen LogP) is 4.21. The number of aryl methyl sites for hydroxylation is 1. The Morgan fingerprint density at radius 1 is 1.16 bits per heavy atom. The van der Waals surface area contributed by atoms with Crippen molar-refractivity contribution in [2.24, 2.45) is 4.99 Å². The third kappa shape index (κ3) is 6.97. The molecule has 0 fully saturated rings. The minimum atomic E-state index is -4.46. The molecule has 2 aliphatic rings. The Bertz CT molecular complexity index is 1780. The largest absolute Gasteiger partial charge is 0.494 e. The predicted molar refractivity (Wildman–Crippen MR) is 154 cm³/mol. The highest BCUT2D eigenvalue weighted by Gasteiger charge is 2.24. The SMILES string of the molecule is COc1ncc(C2=CN3CC(=O)C/C(OCCn4nccc4C)=C\N=C/3CC=C2)cc1NS(=O)(=O)c1ccc(F)cc1F. The number of hydrogen-bond acceptors (Lipinski definition) is 9. The van der Waals surface area contributed by atoms with Crippen LogP contribution in [0.25, 0.3) is 5.57 Å². The summed E-state index contributed by atoms with van der Waals surface area (Å²) in [6, 6.07) is 5.54. The van der Waals surface area contributed by atoms with Gasteiger partial charge in [0.1, 0.15) is 40.4 Å². The molecule has 2 aliphatic heterocycles. The van der Waals surface area contributed by atoms with E-state index >= 15 is 0 Å². The van der Waals surface area contributed by atoms with E-state index in [4.69, 9.17) is 9.47 Å². The van der Waals surface area contributed by atoms with Crippen LogP contribution in [0.2, 0.25) is 0 Å². The molecule has 0 amide bonds. The molecule has 0 unspecified atom stereocenters. The van der Waals surface area contributed by atoms with Gasteiger partial charge in [0.2, 0.25) is 5.88 Å². The standard InChI is InChI=1S/C29H28F2N6O5S/c1-19-8-9-34-37(19)10-11-42-24-14-23(38)18-36-17-20(4-3-5-28(36)32-16-24)21-12-26(29(41-2)33-15-21)35-43(39,40)27-7-6-22(30)13-25(27)31/h3-4,6-9,12-13,15-17,35H,5,10-11,14,18H2,1-2H3/b24-16+,32-28-. The number of halogens is 2. The lowest BCUT2D eigenvalue weighted by Gasteiger charge is -2.23. The Hall–Kier alpha value is -4.85. The topological polar surface area (TPSA) is 128 Å². The number of allylic oxidation sites excluding steroid dienone is 3. The van der Waals surface area contributed by atoms with E-state index in [1.54, 1.807) is 29.6 Å². The fourth-order valence-corrected chi connectivity index (χ4v) is 5.59. The lowest BCUT2D eigenvalue weighted by molar-refractivity contribution is -0.119. The van der Waals surface area contributed by atoms with Crippen LogP contribution in [0.15, 0.2) is 82.9 Å². The maximum absolute atomic E-state index is 14.3. The molecular formula is C29H28F2N6O5S. The summed E-state index contributed by atoms with van der Waals surface area (Å²) in [5, 5.41) is 4.23. The van der Waals surface area contributed by atoms with Crippen molar-refractivity contribution in [3.63, 3.8) is 0 Å². The minimum absolute atomic E-state index is 0.0376. The monoisotopic (exact) mass is 610 g/mol. The number of amidine groups is 1. The number of ether oxygens (including phenoxy) is 2.